The number of hydrogen-bond acceptors (Lipinski definition) is 2. The fourth-order valence-electron chi connectivity index (χ4n) is 1.10. The lowest BCUT2D eigenvalue weighted by Gasteiger charge is -2.13. The first-order valence-electron chi connectivity index (χ1n) is 4.17. The molecule has 0 saturated heterocycles. The lowest BCUT2D eigenvalue weighted by Crippen LogP contribution is -2.05. The van der Waals surface area contributed by atoms with Crippen LogP contribution in [-0.4, -0.2) is 30.8 Å². The van der Waals surface area contributed by atoms with Crippen molar-refractivity contribution in [3.05, 3.63) is 0 Å². The van der Waals surface area contributed by atoms with Crippen LogP contribution < -0.4 is 0 Å². The van der Waals surface area contributed by atoms with E-state index >= 15 is 0 Å². The third-order valence-electron chi connectivity index (χ3n) is 1.43. The van der Waals surface area contributed by atoms with Crippen LogP contribution in [0.25, 0.3) is 0 Å². The summed E-state index contributed by atoms with van der Waals surface area (Å²) in [6.45, 7) is 4.07. The highest BCUT2D eigenvalue weighted by atomic mass is 32.2. The predicted octanol–water partition coefficient (Wildman–Crippen LogP) is 2.13. The zero-order chi connectivity index (χ0) is 9.61. The molecule has 0 aliphatic heterocycles. The molecule has 3 nitrogen and oxygen atoms in total. The van der Waals surface area contributed by atoms with Gasteiger partial charge in [-0.3, -0.25) is 4.55 Å². The Labute approximate surface area is 76.1 Å². The van der Waals surface area contributed by atoms with E-state index in [1.807, 2.05) is 13.8 Å². The highest BCUT2D eigenvalue weighted by Crippen LogP contribution is 2.37. The van der Waals surface area contributed by atoms with Crippen molar-refractivity contribution in [1.29, 1.82) is 0 Å². The van der Waals surface area contributed by atoms with Gasteiger partial charge in [-0.05, 0) is 12.3 Å². The zero-order valence-electron chi connectivity index (χ0n) is 7.65. The fraction of sp³-hybridized carbons (Fsp3) is 1.00. The van der Waals surface area contributed by atoms with Crippen molar-refractivity contribution in [1.82, 2.24) is 0 Å². The van der Waals surface area contributed by atoms with Crippen molar-refractivity contribution in [2.24, 2.45) is 0 Å². The summed E-state index contributed by atoms with van der Waals surface area (Å²) in [5.41, 5.74) is -0.00991. The molecule has 1 N–H and O–H groups in total. The molecule has 5 heteroatoms. The molecule has 0 radical (unpaired) electrons. The second-order valence-corrected chi connectivity index (χ2v) is 7.26. The third-order valence-corrected chi connectivity index (χ3v) is 6.35. The Kier molecular flexibility index (Phi) is 6.06. The van der Waals surface area contributed by atoms with Gasteiger partial charge in [-0.1, -0.05) is 34.6 Å². The van der Waals surface area contributed by atoms with Crippen LogP contribution in [0.5, 0.6) is 0 Å². The third kappa shape index (κ3) is 7.01. The van der Waals surface area contributed by atoms with E-state index in [1.54, 1.807) is 0 Å². The van der Waals surface area contributed by atoms with Gasteiger partial charge in [0.25, 0.3) is 10.1 Å². The second-order valence-electron chi connectivity index (χ2n) is 2.83. The lowest BCUT2D eigenvalue weighted by molar-refractivity contribution is 0.488. The molecule has 12 heavy (non-hydrogen) atoms. The summed E-state index contributed by atoms with van der Waals surface area (Å²) in [5.74, 6) is 0. The van der Waals surface area contributed by atoms with Crippen LogP contribution in [0.15, 0.2) is 0 Å². The summed E-state index contributed by atoms with van der Waals surface area (Å²) in [6.07, 6.45) is 3.90. The average molecular weight is 212 g/mol. The Morgan fingerprint density at radius 2 is 1.58 bits per heavy atom. The molecule has 0 atom stereocenters. The molecule has 0 aromatic carbocycles. The minimum atomic E-state index is -3.74. The van der Waals surface area contributed by atoms with Gasteiger partial charge < -0.3 is 0 Å². The molecular formula is C7H17O3PS. The molecule has 0 unspecified atom stereocenters. The fourth-order valence-corrected chi connectivity index (χ4v) is 5.47. The van der Waals surface area contributed by atoms with Crippen molar-refractivity contribution in [3.63, 3.8) is 0 Å². The van der Waals surface area contributed by atoms with Crippen molar-refractivity contribution >= 4 is 18.0 Å². The van der Waals surface area contributed by atoms with Crippen LogP contribution in [0.2, 0.25) is 0 Å². The van der Waals surface area contributed by atoms with Crippen molar-refractivity contribution < 1.29 is 13.0 Å². The van der Waals surface area contributed by atoms with Crippen molar-refractivity contribution in [2.75, 3.05) is 17.8 Å². The first kappa shape index (κ1) is 12.3. The summed E-state index contributed by atoms with van der Waals surface area (Å²) in [7, 11) is -4.23. The summed E-state index contributed by atoms with van der Waals surface area (Å²) in [4.78, 5) is 0. The Hall–Kier alpha value is 0.340. The SMILES string of the molecule is CCCP(CCC)CS(=O)(=O)O. The van der Waals surface area contributed by atoms with Gasteiger partial charge in [-0.25, -0.2) is 0 Å². The minimum absolute atomic E-state index is 0.00991. The molecule has 0 fully saturated rings. The molecule has 0 amide bonds. The molecule has 0 heterocycles. The van der Waals surface area contributed by atoms with Gasteiger partial charge in [0.05, 0.1) is 5.49 Å². The standard InChI is InChI=1S/C7H17O3PS/c1-3-5-11(6-4-2)7-12(8,9)10/h3-7H2,1-2H3,(H,8,9,10). The van der Waals surface area contributed by atoms with Crippen LogP contribution in [0.3, 0.4) is 0 Å². The Balaban J connectivity index is 3.95. The van der Waals surface area contributed by atoms with Gasteiger partial charge in [-0.15, -0.1) is 0 Å². The molecule has 0 saturated carbocycles. The van der Waals surface area contributed by atoms with Gasteiger partial charge in [-0.2, -0.15) is 8.42 Å². The Morgan fingerprint density at radius 1 is 1.17 bits per heavy atom. The summed E-state index contributed by atoms with van der Waals surface area (Å²) < 4.78 is 29.8. The lowest BCUT2D eigenvalue weighted by atomic mass is 10.6. The normalized spacial score (nSPS) is 12.3. The van der Waals surface area contributed by atoms with Crippen LogP contribution in [0.1, 0.15) is 26.7 Å². The van der Waals surface area contributed by atoms with Crippen molar-refractivity contribution in [2.45, 2.75) is 26.7 Å². The maximum Gasteiger partial charge on any atom is 0.268 e. The Morgan fingerprint density at radius 3 is 1.83 bits per heavy atom. The van der Waals surface area contributed by atoms with Crippen LogP contribution in [0, 0.1) is 0 Å². The zero-order valence-corrected chi connectivity index (χ0v) is 9.37. The van der Waals surface area contributed by atoms with E-state index < -0.39 is 18.0 Å². The van der Waals surface area contributed by atoms with Crippen LogP contribution in [-0.2, 0) is 10.1 Å². The molecule has 0 aromatic heterocycles. The molecule has 0 aliphatic carbocycles. The minimum Gasteiger partial charge on any atom is -0.285 e. The van der Waals surface area contributed by atoms with E-state index in [1.165, 1.54) is 0 Å². The largest absolute Gasteiger partial charge is 0.285 e. The smallest absolute Gasteiger partial charge is 0.268 e. The van der Waals surface area contributed by atoms with E-state index in [4.69, 9.17) is 4.55 Å². The quantitative estimate of drug-likeness (QED) is 0.542. The predicted molar refractivity (Wildman–Crippen MR) is 53.7 cm³/mol. The highest BCUT2D eigenvalue weighted by molar-refractivity contribution is 7.93. The molecule has 0 bridgehead atoms. The topological polar surface area (TPSA) is 54.4 Å². The second kappa shape index (κ2) is 5.90. The van der Waals surface area contributed by atoms with E-state index in [0.29, 0.717) is 0 Å². The van der Waals surface area contributed by atoms with Crippen LogP contribution >= 0.6 is 7.92 Å². The van der Waals surface area contributed by atoms with Gasteiger partial charge >= 0.3 is 0 Å². The first-order valence-corrected chi connectivity index (χ1v) is 7.67. The molecule has 0 rings (SSSR count). The van der Waals surface area contributed by atoms with Gasteiger partial charge in [0.15, 0.2) is 0 Å². The van der Waals surface area contributed by atoms with Crippen LogP contribution in [0.4, 0.5) is 0 Å². The monoisotopic (exact) mass is 212 g/mol. The maximum absolute atomic E-state index is 10.6. The van der Waals surface area contributed by atoms with Gasteiger partial charge in [0, 0.05) is 0 Å². The molecular weight excluding hydrogens is 195 g/mol. The molecule has 0 aliphatic rings. The molecule has 0 spiro atoms. The van der Waals surface area contributed by atoms with E-state index in [2.05, 4.69) is 0 Å². The van der Waals surface area contributed by atoms with Gasteiger partial charge in [0.2, 0.25) is 0 Å². The summed E-state index contributed by atoms with van der Waals surface area (Å²) in [6, 6.07) is 0. The van der Waals surface area contributed by atoms with Gasteiger partial charge in [0.1, 0.15) is 0 Å². The highest BCUT2D eigenvalue weighted by Gasteiger charge is 2.13. The summed E-state index contributed by atoms with van der Waals surface area (Å²) >= 11 is 0. The number of rotatable bonds is 6. The Bertz CT molecular complexity index is 195. The van der Waals surface area contributed by atoms with Crippen molar-refractivity contribution in [3.8, 4) is 0 Å². The maximum atomic E-state index is 10.6. The molecule has 0 aromatic rings. The summed E-state index contributed by atoms with van der Waals surface area (Å²) in [5, 5.41) is 0. The average Bonchev–Trinajstić information content (AvgIpc) is 1.84. The molecule has 74 valence electrons. The first-order chi connectivity index (χ1) is 5.49. The van der Waals surface area contributed by atoms with E-state index in [0.717, 1.165) is 25.2 Å². The number of hydrogen-bond donors (Lipinski definition) is 1. The van der Waals surface area contributed by atoms with E-state index in [-0.39, 0.29) is 5.49 Å². The van der Waals surface area contributed by atoms with E-state index in [9.17, 15) is 8.42 Å².